The quantitative estimate of drug-likeness (QED) is 0.394. The van der Waals surface area contributed by atoms with Crippen LogP contribution in [0.1, 0.15) is 94.2 Å². The van der Waals surface area contributed by atoms with E-state index in [-0.39, 0.29) is 17.2 Å². The van der Waals surface area contributed by atoms with E-state index < -0.39 is 0 Å². The summed E-state index contributed by atoms with van der Waals surface area (Å²) in [6.07, 6.45) is 18.1. The topological polar surface area (TPSA) is 0 Å². The number of hydrogen-bond acceptors (Lipinski definition) is 0. The second kappa shape index (κ2) is 9.96. The standard InChI is InChI=1S/C28H40F2/c1-3-5-7-19-9-10-21-16-22(12-11-20(21)15-19)23-13-14-25-24(17-23)18-27(29)26(28(25)30)8-6-4-2/h4,18-23H,2-3,5-17H2,1H3. The van der Waals surface area contributed by atoms with Crippen LogP contribution in [0, 0.1) is 41.2 Å². The van der Waals surface area contributed by atoms with Crippen molar-refractivity contribution in [1.29, 1.82) is 0 Å². The Labute approximate surface area is 182 Å². The highest BCUT2D eigenvalue weighted by molar-refractivity contribution is 5.37. The van der Waals surface area contributed by atoms with E-state index in [4.69, 9.17) is 0 Å². The zero-order chi connectivity index (χ0) is 21.1. The summed E-state index contributed by atoms with van der Waals surface area (Å²) < 4.78 is 29.6. The van der Waals surface area contributed by atoms with Crippen LogP contribution in [-0.2, 0) is 19.3 Å². The second-order valence-corrected chi connectivity index (χ2v) is 10.5. The molecule has 2 heteroatoms. The molecule has 4 rings (SSSR count). The molecule has 0 bridgehead atoms. The van der Waals surface area contributed by atoms with Crippen LogP contribution >= 0.6 is 0 Å². The number of halogens is 2. The minimum absolute atomic E-state index is 0.264. The molecule has 0 nitrogen and oxygen atoms in total. The van der Waals surface area contributed by atoms with Crippen LogP contribution in [0.15, 0.2) is 18.7 Å². The molecule has 0 amide bonds. The summed E-state index contributed by atoms with van der Waals surface area (Å²) in [5, 5.41) is 0. The van der Waals surface area contributed by atoms with Gasteiger partial charge < -0.3 is 0 Å². The molecule has 5 atom stereocenters. The molecule has 0 radical (unpaired) electrons. The van der Waals surface area contributed by atoms with Gasteiger partial charge in [-0.25, -0.2) is 8.78 Å². The van der Waals surface area contributed by atoms with Gasteiger partial charge in [0.15, 0.2) is 0 Å². The van der Waals surface area contributed by atoms with Crippen LogP contribution < -0.4 is 0 Å². The molecule has 166 valence electrons. The predicted octanol–water partition coefficient (Wildman–Crippen LogP) is 8.21. The van der Waals surface area contributed by atoms with Crippen LogP contribution in [0.25, 0.3) is 0 Å². The molecule has 2 fully saturated rings. The molecule has 1 aromatic carbocycles. The van der Waals surface area contributed by atoms with Crippen LogP contribution in [0.5, 0.6) is 0 Å². The lowest BCUT2D eigenvalue weighted by Gasteiger charge is -2.45. The minimum Gasteiger partial charge on any atom is -0.207 e. The van der Waals surface area contributed by atoms with Gasteiger partial charge >= 0.3 is 0 Å². The van der Waals surface area contributed by atoms with Crippen molar-refractivity contribution < 1.29 is 8.78 Å². The monoisotopic (exact) mass is 414 g/mol. The molecule has 0 aliphatic heterocycles. The summed E-state index contributed by atoms with van der Waals surface area (Å²) in [6, 6.07) is 1.66. The first-order valence-corrected chi connectivity index (χ1v) is 12.7. The van der Waals surface area contributed by atoms with Crippen molar-refractivity contribution >= 4 is 0 Å². The maximum atomic E-state index is 15.0. The first-order chi connectivity index (χ1) is 14.6. The molecular formula is C28H40F2. The molecule has 0 N–H and O–H groups in total. The fourth-order valence-corrected chi connectivity index (χ4v) is 7.01. The molecule has 0 heterocycles. The average Bonchev–Trinajstić information content (AvgIpc) is 2.76. The first-order valence-electron chi connectivity index (χ1n) is 12.7. The molecule has 3 aliphatic carbocycles. The fraction of sp³-hybridized carbons (Fsp3) is 0.714. The zero-order valence-electron chi connectivity index (χ0n) is 18.9. The Bertz CT molecular complexity index is 737. The normalized spacial score (nSPS) is 31.1. The third-order valence-corrected chi connectivity index (χ3v) is 8.75. The summed E-state index contributed by atoms with van der Waals surface area (Å²) in [5.41, 5.74) is 2.03. The molecular weight excluding hydrogens is 374 g/mol. The highest BCUT2D eigenvalue weighted by Gasteiger charge is 2.39. The zero-order valence-corrected chi connectivity index (χ0v) is 18.9. The van der Waals surface area contributed by atoms with Gasteiger partial charge in [-0.05, 0) is 111 Å². The van der Waals surface area contributed by atoms with E-state index in [0.717, 1.165) is 54.1 Å². The van der Waals surface area contributed by atoms with Crippen molar-refractivity contribution in [3.8, 4) is 0 Å². The lowest BCUT2D eigenvalue weighted by atomic mass is 9.60. The van der Waals surface area contributed by atoms with Crippen molar-refractivity contribution in [3.63, 3.8) is 0 Å². The van der Waals surface area contributed by atoms with E-state index in [1.807, 2.05) is 0 Å². The van der Waals surface area contributed by atoms with E-state index in [1.165, 1.54) is 57.8 Å². The predicted molar refractivity (Wildman–Crippen MR) is 122 cm³/mol. The van der Waals surface area contributed by atoms with Crippen molar-refractivity contribution in [2.75, 3.05) is 0 Å². The van der Waals surface area contributed by atoms with Gasteiger partial charge in [0, 0.05) is 5.56 Å². The van der Waals surface area contributed by atoms with Crippen molar-refractivity contribution in [2.24, 2.45) is 29.6 Å². The summed E-state index contributed by atoms with van der Waals surface area (Å²) >= 11 is 0. The smallest absolute Gasteiger partial charge is 0.132 e. The molecule has 1 aromatic rings. The van der Waals surface area contributed by atoms with Crippen LogP contribution in [-0.4, -0.2) is 0 Å². The fourth-order valence-electron chi connectivity index (χ4n) is 7.01. The Balaban J connectivity index is 1.38. The molecule has 30 heavy (non-hydrogen) atoms. The first kappa shape index (κ1) is 22.0. The van der Waals surface area contributed by atoms with Crippen LogP contribution in [0.3, 0.4) is 0 Å². The number of fused-ring (bicyclic) bond motifs is 2. The molecule has 3 aliphatic rings. The van der Waals surface area contributed by atoms with Gasteiger partial charge in [-0.3, -0.25) is 0 Å². The minimum atomic E-state index is -0.345. The number of allylic oxidation sites excluding steroid dienone is 1. The Morgan fingerprint density at radius 2 is 1.73 bits per heavy atom. The number of rotatable bonds is 7. The molecule has 0 spiro atoms. The molecule has 2 saturated carbocycles. The summed E-state index contributed by atoms with van der Waals surface area (Å²) in [7, 11) is 0. The van der Waals surface area contributed by atoms with Gasteiger partial charge in [0.2, 0.25) is 0 Å². The summed E-state index contributed by atoms with van der Waals surface area (Å²) in [6.45, 7) is 5.99. The van der Waals surface area contributed by atoms with Crippen molar-refractivity contribution in [2.45, 2.75) is 96.8 Å². The van der Waals surface area contributed by atoms with Gasteiger partial charge in [-0.15, -0.1) is 6.58 Å². The lowest BCUT2D eigenvalue weighted by molar-refractivity contribution is 0.0689. The van der Waals surface area contributed by atoms with E-state index in [9.17, 15) is 8.78 Å². The SMILES string of the molecule is C=CCCc1c(F)cc2c(c1F)CCC(C1CCC3CC(CCCC)CCC3C1)C2. The van der Waals surface area contributed by atoms with Crippen molar-refractivity contribution in [3.05, 3.63) is 47.0 Å². The summed E-state index contributed by atoms with van der Waals surface area (Å²) in [4.78, 5) is 0. The third kappa shape index (κ3) is 4.68. The second-order valence-electron chi connectivity index (χ2n) is 10.5. The van der Waals surface area contributed by atoms with Gasteiger partial charge in [0.25, 0.3) is 0 Å². The number of unbranched alkanes of at least 4 members (excludes halogenated alkanes) is 1. The van der Waals surface area contributed by atoms with E-state index in [2.05, 4.69) is 13.5 Å². The van der Waals surface area contributed by atoms with Gasteiger partial charge in [0.1, 0.15) is 11.6 Å². The van der Waals surface area contributed by atoms with E-state index in [1.54, 1.807) is 12.1 Å². The maximum absolute atomic E-state index is 15.0. The van der Waals surface area contributed by atoms with Gasteiger partial charge in [0.05, 0.1) is 0 Å². The molecule has 5 unspecified atom stereocenters. The van der Waals surface area contributed by atoms with Gasteiger partial charge in [-0.1, -0.05) is 38.7 Å². The van der Waals surface area contributed by atoms with E-state index >= 15 is 0 Å². The van der Waals surface area contributed by atoms with E-state index in [0.29, 0.717) is 18.8 Å². The summed E-state index contributed by atoms with van der Waals surface area (Å²) in [5.74, 6) is 3.62. The molecule has 0 saturated heterocycles. The largest absolute Gasteiger partial charge is 0.207 e. The van der Waals surface area contributed by atoms with Crippen molar-refractivity contribution in [1.82, 2.24) is 0 Å². The highest BCUT2D eigenvalue weighted by Crippen LogP contribution is 2.49. The van der Waals surface area contributed by atoms with Gasteiger partial charge in [-0.2, -0.15) is 0 Å². The average molecular weight is 415 g/mol. The van der Waals surface area contributed by atoms with Crippen LogP contribution in [0.4, 0.5) is 8.78 Å². The number of benzene rings is 1. The Morgan fingerprint density at radius 1 is 1.00 bits per heavy atom. The Kier molecular flexibility index (Phi) is 7.32. The maximum Gasteiger partial charge on any atom is 0.132 e. The molecule has 0 aromatic heterocycles. The third-order valence-electron chi connectivity index (χ3n) is 8.75. The Morgan fingerprint density at radius 3 is 2.50 bits per heavy atom. The Hall–Kier alpha value is -1.18. The van der Waals surface area contributed by atoms with Crippen LogP contribution in [0.2, 0.25) is 0 Å². The number of hydrogen-bond donors (Lipinski definition) is 0. The highest BCUT2D eigenvalue weighted by atomic mass is 19.1. The lowest BCUT2D eigenvalue weighted by Crippen LogP contribution is -2.35.